The Kier molecular flexibility index (Phi) is 5.39. The SMILES string of the molecule is Cc1nccn1Cc1ccc(NC(=O)c2sc(-c3ccco3)nc2-c2ccccc2)cc1. The van der Waals surface area contributed by atoms with Crippen molar-refractivity contribution in [3.63, 3.8) is 0 Å². The standard InChI is InChI=1S/C25H20N4O2S/c1-17-26-13-14-29(17)16-18-9-11-20(12-10-18)27-24(30)23-22(19-6-3-2-4-7-19)28-25(32-23)21-8-5-15-31-21/h2-15H,16H2,1H3,(H,27,30). The molecule has 5 rings (SSSR count). The molecule has 0 aliphatic carbocycles. The van der Waals surface area contributed by atoms with E-state index in [9.17, 15) is 4.79 Å². The molecule has 0 radical (unpaired) electrons. The summed E-state index contributed by atoms with van der Waals surface area (Å²) in [5.74, 6) is 1.41. The van der Waals surface area contributed by atoms with Gasteiger partial charge in [-0.05, 0) is 36.8 Å². The van der Waals surface area contributed by atoms with Crippen molar-refractivity contribution in [1.82, 2.24) is 14.5 Å². The van der Waals surface area contributed by atoms with Crippen LogP contribution in [-0.2, 0) is 6.54 Å². The van der Waals surface area contributed by atoms with Gasteiger partial charge in [-0.2, -0.15) is 0 Å². The number of aryl methyl sites for hydroxylation is 1. The molecule has 7 heteroatoms. The van der Waals surface area contributed by atoms with Crippen LogP contribution in [0.25, 0.3) is 22.0 Å². The van der Waals surface area contributed by atoms with Crippen LogP contribution in [0.4, 0.5) is 5.69 Å². The number of amides is 1. The number of hydrogen-bond acceptors (Lipinski definition) is 5. The van der Waals surface area contributed by atoms with Crippen molar-refractivity contribution < 1.29 is 9.21 Å². The van der Waals surface area contributed by atoms with Crippen molar-refractivity contribution >= 4 is 22.9 Å². The van der Waals surface area contributed by atoms with Crippen molar-refractivity contribution in [2.75, 3.05) is 5.32 Å². The normalized spacial score (nSPS) is 10.9. The molecule has 0 aliphatic heterocycles. The van der Waals surface area contributed by atoms with E-state index in [1.54, 1.807) is 12.5 Å². The molecule has 2 aromatic carbocycles. The maximum absolute atomic E-state index is 13.2. The second-order valence-electron chi connectivity index (χ2n) is 7.29. The Balaban J connectivity index is 1.40. The average Bonchev–Trinajstić information content (AvgIpc) is 3.57. The number of benzene rings is 2. The van der Waals surface area contributed by atoms with Crippen molar-refractivity contribution in [2.24, 2.45) is 0 Å². The molecule has 1 N–H and O–H groups in total. The van der Waals surface area contributed by atoms with Crippen molar-refractivity contribution in [3.8, 4) is 22.0 Å². The fraction of sp³-hybridized carbons (Fsp3) is 0.0800. The van der Waals surface area contributed by atoms with E-state index in [-0.39, 0.29) is 5.91 Å². The smallest absolute Gasteiger partial charge is 0.268 e. The Hall–Kier alpha value is -3.97. The van der Waals surface area contributed by atoms with Gasteiger partial charge in [-0.1, -0.05) is 42.5 Å². The highest BCUT2D eigenvalue weighted by Crippen LogP contribution is 2.34. The third-order valence-corrected chi connectivity index (χ3v) is 6.17. The zero-order valence-electron chi connectivity index (χ0n) is 17.4. The van der Waals surface area contributed by atoms with Gasteiger partial charge in [0.05, 0.1) is 12.0 Å². The molecule has 6 nitrogen and oxygen atoms in total. The van der Waals surface area contributed by atoms with E-state index in [4.69, 9.17) is 9.40 Å². The van der Waals surface area contributed by atoms with Gasteiger partial charge in [0.25, 0.3) is 5.91 Å². The summed E-state index contributed by atoms with van der Waals surface area (Å²) in [6, 6.07) is 21.2. The van der Waals surface area contributed by atoms with Gasteiger partial charge in [0.1, 0.15) is 10.7 Å². The molecule has 0 unspecified atom stereocenters. The lowest BCUT2D eigenvalue weighted by atomic mass is 10.1. The lowest BCUT2D eigenvalue weighted by Crippen LogP contribution is -2.11. The molecule has 0 fully saturated rings. The average molecular weight is 441 g/mol. The van der Waals surface area contributed by atoms with E-state index in [2.05, 4.69) is 14.9 Å². The molecule has 0 bridgehead atoms. The zero-order valence-corrected chi connectivity index (χ0v) is 18.2. The Morgan fingerprint density at radius 3 is 2.56 bits per heavy atom. The number of carbonyl (C=O) groups is 1. The van der Waals surface area contributed by atoms with E-state index in [1.807, 2.05) is 79.9 Å². The molecular formula is C25H20N4O2S. The second-order valence-corrected chi connectivity index (χ2v) is 8.29. The number of hydrogen-bond donors (Lipinski definition) is 1. The van der Waals surface area contributed by atoms with E-state index in [1.165, 1.54) is 11.3 Å². The monoisotopic (exact) mass is 440 g/mol. The number of rotatable bonds is 6. The highest BCUT2D eigenvalue weighted by molar-refractivity contribution is 7.17. The summed E-state index contributed by atoms with van der Waals surface area (Å²) in [4.78, 5) is 22.7. The van der Waals surface area contributed by atoms with Crippen LogP contribution in [0.1, 0.15) is 21.1 Å². The van der Waals surface area contributed by atoms with Crippen LogP contribution >= 0.6 is 11.3 Å². The van der Waals surface area contributed by atoms with Crippen molar-refractivity contribution in [3.05, 3.63) is 102 Å². The number of carbonyl (C=O) groups excluding carboxylic acids is 1. The summed E-state index contributed by atoms with van der Waals surface area (Å²) in [7, 11) is 0. The van der Waals surface area contributed by atoms with Crippen LogP contribution < -0.4 is 5.32 Å². The van der Waals surface area contributed by atoms with Crippen LogP contribution in [-0.4, -0.2) is 20.4 Å². The fourth-order valence-corrected chi connectivity index (χ4v) is 4.37. The molecule has 3 aromatic heterocycles. The summed E-state index contributed by atoms with van der Waals surface area (Å²) >= 11 is 1.32. The third kappa shape index (κ3) is 4.10. The Labute approximate surface area is 189 Å². The van der Waals surface area contributed by atoms with Crippen LogP contribution in [0.15, 0.2) is 89.8 Å². The first-order chi connectivity index (χ1) is 15.7. The molecule has 3 heterocycles. The number of nitrogens with one attached hydrogen (secondary N) is 1. The van der Waals surface area contributed by atoms with E-state index in [0.717, 1.165) is 29.2 Å². The van der Waals surface area contributed by atoms with E-state index >= 15 is 0 Å². The minimum absolute atomic E-state index is 0.197. The predicted octanol–water partition coefficient (Wildman–Crippen LogP) is 5.88. The molecule has 0 saturated carbocycles. The number of anilines is 1. The summed E-state index contributed by atoms with van der Waals surface area (Å²) in [5, 5.41) is 3.68. The molecule has 1 amide bonds. The Morgan fingerprint density at radius 2 is 1.88 bits per heavy atom. The maximum atomic E-state index is 13.2. The lowest BCUT2D eigenvalue weighted by Gasteiger charge is -2.08. The number of furan rings is 1. The van der Waals surface area contributed by atoms with Crippen LogP contribution in [0.5, 0.6) is 0 Å². The summed E-state index contributed by atoms with van der Waals surface area (Å²) in [6.45, 7) is 2.71. The van der Waals surface area contributed by atoms with E-state index in [0.29, 0.717) is 21.3 Å². The predicted molar refractivity (Wildman–Crippen MR) is 126 cm³/mol. The molecule has 32 heavy (non-hydrogen) atoms. The number of aromatic nitrogens is 3. The largest absolute Gasteiger partial charge is 0.462 e. The molecule has 5 aromatic rings. The molecule has 0 aliphatic rings. The second kappa shape index (κ2) is 8.64. The van der Waals surface area contributed by atoms with Gasteiger partial charge in [0.2, 0.25) is 0 Å². The Morgan fingerprint density at radius 1 is 1.06 bits per heavy atom. The molecule has 158 valence electrons. The quantitative estimate of drug-likeness (QED) is 0.358. The van der Waals surface area contributed by atoms with Crippen LogP contribution in [0.3, 0.4) is 0 Å². The number of nitrogens with zero attached hydrogens (tertiary/aromatic N) is 3. The van der Waals surface area contributed by atoms with Crippen molar-refractivity contribution in [2.45, 2.75) is 13.5 Å². The van der Waals surface area contributed by atoms with Crippen molar-refractivity contribution in [1.29, 1.82) is 0 Å². The summed E-state index contributed by atoms with van der Waals surface area (Å²) < 4.78 is 7.57. The van der Waals surface area contributed by atoms with Gasteiger partial charge in [-0.15, -0.1) is 11.3 Å². The van der Waals surface area contributed by atoms with E-state index < -0.39 is 0 Å². The first-order valence-electron chi connectivity index (χ1n) is 10.2. The van der Waals surface area contributed by atoms with Gasteiger partial charge in [-0.25, -0.2) is 9.97 Å². The van der Waals surface area contributed by atoms with Gasteiger partial charge < -0.3 is 14.3 Å². The van der Waals surface area contributed by atoms with Crippen LogP contribution in [0.2, 0.25) is 0 Å². The highest BCUT2D eigenvalue weighted by atomic mass is 32.1. The first kappa shape index (κ1) is 20.0. The minimum atomic E-state index is -0.197. The molecule has 0 spiro atoms. The molecular weight excluding hydrogens is 420 g/mol. The van der Waals surface area contributed by atoms with Gasteiger partial charge >= 0.3 is 0 Å². The van der Waals surface area contributed by atoms with Crippen LogP contribution in [0, 0.1) is 6.92 Å². The summed E-state index contributed by atoms with van der Waals surface area (Å²) in [5.41, 5.74) is 3.39. The van der Waals surface area contributed by atoms with Gasteiger partial charge in [-0.3, -0.25) is 4.79 Å². The highest BCUT2D eigenvalue weighted by Gasteiger charge is 2.21. The van der Waals surface area contributed by atoms with Gasteiger partial charge in [0, 0.05) is 30.2 Å². The molecule has 0 atom stereocenters. The third-order valence-electron chi connectivity index (χ3n) is 5.10. The fourth-order valence-electron chi connectivity index (χ4n) is 3.42. The minimum Gasteiger partial charge on any atom is -0.462 e. The number of imidazole rings is 1. The lowest BCUT2D eigenvalue weighted by molar-refractivity contribution is 0.103. The molecule has 0 saturated heterocycles. The zero-order chi connectivity index (χ0) is 21.9. The topological polar surface area (TPSA) is 73.0 Å². The summed E-state index contributed by atoms with van der Waals surface area (Å²) in [6.07, 6.45) is 5.35. The maximum Gasteiger partial charge on any atom is 0.268 e. The number of thiazole rings is 1. The Bertz CT molecular complexity index is 1340. The first-order valence-corrected chi connectivity index (χ1v) is 11.0. The van der Waals surface area contributed by atoms with Gasteiger partial charge in [0.15, 0.2) is 10.8 Å².